The molecule has 3 rings (SSSR count). The summed E-state index contributed by atoms with van der Waals surface area (Å²) in [5.41, 5.74) is 0.540. The van der Waals surface area contributed by atoms with E-state index in [1.165, 1.54) is 13.2 Å². The molecule has 0 radical (unpaired) electrons. The van der Waals surface area contributed by atoms with Gasteiger partial charge in [0.05, 0.1) is 13.0 Å². The molecule has 2 aliphatic rings. The van der Waals surface area contributed by atoms with Gasteiger partial charge in [0.2, 0.25) is 5.91 Å². The highest BCUT2D eigenvalue weighted by molar-refractivity contribution is 5.82. The van der Waals surface area contributed by atoms with E-state index in [0.29, 0.717) is 24.4 Å². The van der Waals surface area contributed by atoms with E-state index < -0.39 is 0 Å². The smallest absolute Gasteiger partial charge is 0.227 e. The SMILES string of the molecule is COc1ccc(CN2CC3NCCCC3C2=O)c(F)c1. The van der Waals surface area contributed by atoms with Crippen molar-refractivity contribution in [2.24, 2.45) is 5.92 Å². The van der Waals surface area contributed by atoms with Crippen molar-refractivity contribution in [3.8, 4) is 5.75 Å². The number of ether oxygens (including phenoxy) is 1. The van der Waals surface area contributed by atoms with E-state index in [1.807, 2.05) is 0 Å². The van der Waals surface area contributed by atoms with Gasteiger partial charge < -0.3 is 15.0 Å². The minimum atomic E-state index is -0.319. The zero-order chi connectivity index (χ0) is 14.1. The highest BCUT2D eigenvalue weighted by Crippen LogP contribution is 2.28. The van der Waals surface area contributed by atoms with Crippen molar-refractivity contribution in [3.05, 3.63) is 29.6 Å². The molecule has 0 aromatic heterocycles. The Morgan fingerprint density at radius 2 is 2.35 bits per heavy atom. The summed E-state index contributed by atoms with van der Waals surface area (Å²) >= 11 is 0. The van der Waals surface area contributed by atoms with Crippen molar-refractivity contribution in [2.75, 3.05) is 20.2 Å². The molecule has 1 aromatic rings. The molecule has 5 heteroatoms. The fourth-order valence-electron chi connectivity index (χ4n) is 3.13. The fraction of sp³-hybridized carbons (Fsp3) is 0.533. The van der Waals surface area contributed by atoms with Crippen LogP contribution in [0.25, 0.3) is 0 Å². The highest BCUT2D eigenvalue weighted by Gasteiger charge is 2.41. The summed E-state index contributed by atoms with van der Waals surface area (Å²) in [6.07, 6.45) is 1.98. The van der Waals surface area contributed by atoms with Crippen LogP contribution in [0.4, 0.5) is 4.39 Å². The Morgan fingerprint density at radius 3 is 3.05 bits per heavy atom. The summed E-state index contributed by atoms with van der Waals surface area (Å²) < 4.78 is 18.9. The van der Waals surface area contributed by atoms with Gasteiger partial charge in [0.25, 0.3) is 0 Å². The molecule has 1 N–H and O–H groups in total. The molecule has 2 fully saturated rings. The molecule has 0 aliphatic carbocycles. The average molecular weight is 278 g/mol. The van der Waals surface area contributed by atoms with E-state index in [2.05, 4.69) is 5.32 Å². The van der Waals surface area contributed by atoms with Crippen LogP contribution in [0.3, 0.4) is 0 Å². The molecule has 0 spiro atoms. The maximum atomic E-state index is 14.0. The van der Waals surface area contributed by atoms with Gasteiger partial charge in [0, 0.05) is 30.8 Å². The van der Waals surface area contributed by atoms with Crippen LogP contribution < -0.4 is 10.1 Å². The Morgan fingerprint density at radius 1 is 1.50 bits per heavy atom. The lowest BCUT2D eigenvalue weighted by Gasteiger charge is -2.23. The summed E-state index contributed by atoms with van der Waals surface area (Å²) in [4.78, 5) is 14.1. The second kappa shape index (κ2) is 5.40. The third-order valence-corrected chi connectivity index (χ3v) is 4.25. The number of nitrogens with zero attached hydrogens (tertiary/aromatic N) is 1. The molecular formula is C15H19FN2O2. The summed E-state index contributed by atoms with van der Waals surface area (Å²) in [5, 5.41) is 3.38. The molecule has 0 bridgehead atoms. The van der Waals surface area contributed by atoms with Crippen molar-refractivity contribution in [1.29, 1.82) is 0 Å². The summed E-state index contributed by atoms with van der Waals surface area (Å²) in [5.74, 6) is 0.400. The van der Waals surface area contributed by atoms with E-state index in [9.17, 15) is 9.18 Å². The van der Waals surface area contributed by atoms with Gasteiger partial charge in [-0.15, -0.1) is 0 Å². The second-order valence-electron chi connectivity index (χ2n) is 5.49. The van der Waals surface area contributed by atoms with E-state index in [0.717, 1.165) is 19.4 Å². The monoisotopic (exact) mass is 278 g/mol. The summed E-state index contributed by atoms with van der Waals surface area (Å²) in [7, 11) is 1.51. The number of carbonyl (C=O) groups excluding carboxylic acids is 1. The predicted molar refractivity (Wildman–Crippen MR) is 72.9 cm³/mol. The van der Waals surface area contributed by atoms with Gasteiger partial charge in [-0.05, 0) is 25.5 Å². The molecule has 0 saturated carbocycles. The van der Waals surface area contributed by atoms with Crippen molar-refractivity contribution in [3.63, 3.8) is 0 Å². The van der Waals surface area contributed by atoms with Crippen LogP contribution in [-0.2, 0) is 11.3 Å². The zero-order valence-corrected chi connectivity index (χ0v) is 11.6. The van der Waals surface area contributed by atoms with Crippen LogP contribution >= 0.6 is 0 Å². The third kappa shape index (κ3) is 2.38. The number of methoxy groups -OCH3 is 1. The van der Waals surface area contributed by atoms with Crippen molar-refractivity contribution in [1.82, 2.24) is 10.2 Å². The van der Waals surface area contributed by atoms with Gasteiger partial charge in [-0.1, -0.05) is 6.07 Å². The maximum Gasteiger partial charge on any atom is 0.227 e. The quantitative estimate of drug-likeness (QED) is 0.912. The molecule has 2 aliphatic heterocycles. The normalized spacial score (nSPS) is 25.7. The Bertz CT molecular complexity index is 521. The molecule has 1 aromatic carbocycles. The number of likely N-dealkylation sites (tertiary alicyclic amines) is 1. The van der Waals surface area contributed by atoms with Crippen LogP contribution in [0.15, 0.2) is 18.2 Å². The molecular weight excluding hydrogens is 259 g/mol. The summed E-state index contributed by atoms with van der Waals surface area (Å²) in [6, 6.07) is 5.01. The highest BCUT2D eigenvalue weighted by atomic mass is 19.1. The van der Waals surface area contributed by atoms with E-state index in [1.54, 1.807) is 17.0 Å². The molecule has 108 valence electrons. The maximum absolute atomic E-state index is 14.0. The lowest BCUT2D eigenvalue weighted by Crippen LogP contribution is -2.41. The average Bonchev–Trinajstić information content (AvgIpc) is 2.78. The van der Waals surface area contributed by atoms with E-state index in [4.69, 9.17) is 4.74 Å². The molecule has 2 saturated heterocycles. The largest absolute Gasteiger partial charge is 0.497 e. The second-order valence-corrected chi connectivity index (χ2v) is 5.49. The lowest BCUT2D eigenvalue weighted by molar-refractivity contribution is -0.131. The Kier molecular flexibility index (Phi) is 3.61. The van der Waals surface area contributed by atoms with Crippen LogP contribution in [0.5, 0.6) is 5.75 Å². The van der Waals surface area contributed by atoms with Gasteiger partial charge in [-0.3, -0.25) is 4.79 Å². The molecule has 1 amide bonds. The molecule has 4 nitrogen and oxygen atoms in total. The first kappa shape index (κ1) is 13.4. The predicted octanol–water partition coefficient (Wildman–Crippen LogP) is 1.54. The lowest BCUT2D eigenvalue weighted by atomic mass is 9.94. The van der Waals surface area contributed by atoms with Crippen molar-refractivity contribution in [2.45, 2.75) is 25.4 Å². The van der Waals surface area contributed by atoms with Crippen LogP contribution in [0.2, 0.25) is 0 Å². The van der Waals surface area contributed by atoms with Crippen LogP contribution in [-0.4, -0.2) is 37.0 Å². The Balaban J connectivity index is 1.73. The molecule has 2 heterocycles. The summed E-state index contributed by atoms with van der Waals surface area (Å²) in [6.45, 7) is 1.98. The first-order valence-electron chi connectivity index (χ1n) is 7.03. The topological polar surface area (TPSA) is 41.6 Å². The van der Waals surface area contributed by atoms with Gasteiger partial charge in [-0.2, -0.15) is 0 Å². The standard InChI is InChI=1S/C15H19FN2O2/c1-20-11-5-4-10(13(16)7-11)8-18-9-14-12(15(18)19)3-2-6-17-14/h4-5,7,12,14,17H,2-3,6,8-9H2,1H3. The van der Waals surface area contributed by atoms with Crippen LogP contribution in [0, 0.1) is 11.7 Å². The number of halogens is 1. The minimum absolute atomic E-state index is 0.0741. The molecule has 2 unspecified atom stereocenters. The van der Waals surface area contributed by atoms with E-state index >= 15 is 0 Å². The fourth-order valence-corrected chi connectivity index (χ4v) is 3.13. The number of hydrogen-bond donors (Lipinski definition) is 1. The van der Waals surface area contributed by atoms with E-state index in [-0.39, 0.29) is 23.7 Å². The van der Waals surface area contributed by atoms with Crippen LogP contribution in [0.1, 0.15) is 18.4 Å². The first-order chi connectivity index (χ1) is 9.69. The molecule has 2 atom stereocenters. The number of benzene rings is 1. The van der Waals surface area contributed by atoms with Gasteiger partial charge in [0.1, 0.15) is 11.6 Å². The Hall–Kier alpha value is -1.62. The number of piperidine rings is 1. The third-order valence-electron chi connectivity index (χ3n) is 4.25. The van der Waals surface area contributed by atoms with Gasteiger partial charge in [0.15, 0.2) is 0 Å². The zero-order valence-electron chi connectivity index (χ0n) is 11.6. The minimum Gasteiger partial charge on any atom is -0.497 e. The number of carbonyl (C=O) groups is 1. The van der Waals surface area contributed by atoms with Crippen molar-refractivity contribution >= 4 is 5.91 Å². The number of nitrogens with one attached hydrogen (secondary N) is 1. The number of fused-ring (bicyclic) bond motifs is 1. The number of rotatable bonds is 3. The van der Waals surface area contributed by atoms with Crippen molar-refractivity contribution < 1.29 is 13.9 Å². The number of amides is 1. The molecule has 20 heavy (non-hydrogen) atoms. The number of hydrogen-bond acceptors (Lipinski definition) is 3. The Labute approximate surface area is 117 Å². The first-order valence-corrected chi connectivity index (χ1v) is 7.03. The van der Waals surface area contributed by atoms with Gasteiger partial charge >= 0.3 is 0 Å². The van der Waals surface area contributed by atoms with Gasteiger partial charge in [-0.25, -0.2) is 4.39 Å².